The molecule has 1 heterocycles. The van der Waals surface area contributed by atoms with Crippen LogP contribution in [-0.2, 0) is 0 Å². The van der Waals surface area contributed by atoms with Crippen LogP contribution >= 0.6 is 15.9 Å². The van der Waals surface area contributed by atoms with Gasteiger partial charge in [-0.25, -0.2) is 0 Å². The van der Waals surface area contributed by atoms with Crippen LogP contribution in [0.5, 0.6) is 0 Å². The largest absolute Gasteiger partial charge is 0.365 e. The molecule has 0 aromatic heterocycles. The van der Waals surface area contributed by atoms with Crippen molar-refractivity contribution in [3.05, 3.63) is 28.2 Å². The number of hydrogen-bond acceptors (Lipinski definition) is 2. The van der Waals surface area contributed by atoms with Gasteiger partial charge in [0.2, 0.25) is 0 Å². The standard InChI is InChI=1S/C15H23BrN2/c1-5-13-9-17-15(3,4)10-18(13)14-7-11(2)6-12(16)8-14/h6-8,13,17H,5,9-10H2,1-4H3. The Kier molecular flexibility index (Phi) is 4.02. The Labute approximate surface area is 119 Å². The number of nitrogens with zero attached hydrogens (tertiary/aromatic N) is 1. The Morgan fingerprint density at radius 3 is 2.72 bits per heavy atom. The zero-order valence-corrected chi connectivity index (χ0v) is 13.3. The Hall–Kier alpha value is -0.540. The molecule has 1 N–H and O–H groups in total. The number of nitrogens with one attached hydrogen (secondary N) is 1. The third kappa shape index (κ3) is 3.07. The van der Waals surface area contributed by atoms with Crippen LogP contribution in [0.15, 0.2) is 22.7 Å². The zero-order chi connectivity index (χ0) is 13.3. The van der Waals surface area contributed by atoms with Crippen LogP contribution in [0, 0.1) is 6.92 Å². The summed E-state index contributed by atoms with van der Waals surface area (Å²) in [5.41, 5.74) is 2.83. The lowest BCUT2D eigenvalue weighted by molar-refractivity contribution is 0.306. The quantitative estimate of drug-likeness (QED) is 0.895. The lowest BCUT2D eigenvalue weighted by Crippen LogP contribution is -2.61. The fourth-order valence-electron chi connectivity index (χ4n) is 2.66. The molecule has 0 amide bonds. The molecule has 3 heteroatoms. The first-order chi connectivity index (χ1) is 8.41. The second-order valence-corrected chi connectivity index (χ2v) is 6.86. The summed E-state index contributed by atoms with van der Waals surface area (Å²) in [6.45, 7) is 11.1. The van der Waals surface area contributed by atoms with Gasteiger partial charge in [0.25, 0.3) is 0 Å². The molecule has 1 aliphatic rings. The first-order valence-electron chi connectivity index (χ1n) is 6.70. The summed E-state index contributed by atoms with van der Waals surface area (Å²) >= 11 is 3.61. The van der Waals surface area contributed by atoms with E-state index < -0.39 is 0 Å². The van der Waals surface area contributed by atoms with E-state index in [4.69, 9.17) is 0 Å². The monoisotopic (exact) mass is 310 g/mol. The molecule has 2 nitrogen and oxygen atoms in total. The van der Waals surface area contributed by atoms with Gasteiger partial charge in [0.05, 0.1) is 0 Å². The molecule has 1 atom stereocenters. The normalized spacial score (nSPS) is 23.2. The second-order valence-electron chi connectivity index (χ2n) is 5.94. The zero-order valence-electron chi connectivity index (χ0n) is 11.8. The van der Waals surface area contributed by atoms with Gasteiger partial charge >= 0.3 is 0 Å². The topological polar surface area (TPSA) is 15.3 Å². The van der Waals surface area contributed by atoms with Crippen LogP contribution < -0.4 is 10.2 Å². The van der Waals surface area contributed by atoms with Gasteiger partial charge in [-0.15, -0.1) is 0 Å². The van der Waals surface area contributed by atoms with E-state index in [0.29, 0.717) is 6.04 Å². The number of halogens is 1. The van der Waals surface area contributed by atoms with Crippen LogP contribution in [-0.4, -0.2) is 24.7 Å². The molecule has 1 saturated heterocycles. The minimum absolute atomic E-state index is 0.182. The lowest BCUT2D eigenvalue weighted by atomic mass is 9.96. The highest BCUT2D eigenvalue weighted by Gasteiger charge is 2.31. The Bertz CT molecular complexity index is 408. The number of anilines is 1. The highest BCUT2D eigenvalue weighted by Crippen LogP contribution is 2.28. The summed E-state index contributed by atoms with van der Waals surface area (Å²) in [6.07, 6.45) is 1.18. The maximum atomic E-state index is 3.63. The van der Waals surface area contributed by atoms with Gasteiger partial charge in [-0.1, -0.05) is 22.9 Å². The van der Waals surface area contributed by atoms with E-state index in [2.05, 4.69) is 72.0 Å². The summed E-state index contributed by atoms with van der Waals surface area (Å²) < 4.78 is 1.17. The van der Waals surface area contributed by atoms with Crippen molar-refractivity contribution in [2.24, 2.45) is 0 Å². The molecule has 1 aromatic carbocycles. The van der Waals surface area contributed by atoms with E-state index in [-0.39, 0.29) is 5.54 Å². The van der Waals surface area contributed by atoms with Crippen LogP contribution in [0.4, 0.5) is 5.69 Å². The van der Waals surface area contributed by atoms with Crippen molar-refractivity contribution in [2.45, 2.75) is 45.7 Å². The summed E-state index contributed by atoms with van der Waals surface area (Å²) in [4.78, 5) is 2.55. The summed E-state index contributed by atoms with van der Waals surface area (Å²) in [7, 11) is 0. The van der Waals surface area contributed by atoms with Crippen molar-refractivity contribution in [1.82, 2.24) is 5.32 Å². The molecule has 2 rings (SSSR count). The Morgan fingerprint density at radius 2 is 2.11 bits per heavy atom. The summed E-state index contributed by atoms with van der Waals surface area (Å²) in [5, 5.41) is 3.63. The van der Waals surface area contributed by atoms with Crippen molar-refractivity contribution in [3.8, 4) is 0 Å². The molecular formula is C15H23BrN2. The van der Waals surface area contributed by atoms with Gasteiger partial charge in [0.1, 0.15) is 0 Å². The molecule has 100 valence electrons. The van der Waals surface area contributed by atoms with Gasteiger partial charge in [0, 0.05) is 34.8 Å². The fourth-order valence-corrected chi connectivity index (χ4v) is 3.26. The molecule has 0 bridgehead atoms. The van der Waals surface area contributed by atoms with Crippen LogP contribution in [0.25, 0.3) is 0 Å². The molecule has 0 saturated carbocycles. The predicted molar refractivity (Wildman–Crippen MR) is 82.4 cm³/mol. The lowest BCUT2D eigenvalue weighted by Gasteiger charge is -2.46. The van der Waals surface area contributed by atoms with E-state index in [0.717, 1.165) is 13.1 Å². The van der Waals surface area contributed by atoms with E-state index in [9.17, 15) is 0 Å². The van der Waals surface area contributed by atoms with Crippen molar-refractivity contribution < 1.29 is 0 Å². The van der Waals surface area contributed by atoms with Crippen molar-refractivity contribution >= 4 is 21.6 Å². The predicted octanol–water partition coefficient (Wildman–Crippen LogP) is 3.72. The van der Waals surface area contributed by atoms with Gasteiger partial charge in [-0.05, 0) is 51.0 Å². The van der Waals surface area contributed by atoms with E-state index in [1.807, 2.05) is 0 Å². The molecule has 0 spiro atoms. The smallest absolute Gasteiger partial charge is 0.0412 e. The first kappa shape index (κ1) is 13.9. The number of benzene rings is 1. The molecule has 0 radical (unpaired) electrons. The highest BCUT2D eigenvalue weighted by molar-refractivity contribution is 9.10. The minimum atomic E-state index is 0.182. The van der Waals surface area contributed by atoms with Crippen molar-refractivity contribution in [3.63, 3.8) is 0 Å². The van der Waals surface area contributed by atoms with Gasteiger partial charge < -0.3 is 10.2 Å². The molecular weight excluding hydrogens is 288 g/mol. The molecule has 1 unspecified atom stereocenters. The van der Waals surface area contributed by atoms with Gasteiger partial charge in [-0.3, -0.25) is 0 Å². The number of piperazine rings is 1. The SMILES string of the molecule is CCC1CNC(C)(C)CN1c1cc(C)cc(Br)c1. The first-order valence-corrected chi connectivity index (χ1v) is 7.49. The van der Waals surface area contributed by atoms with E-state index in [1.165, 1.54) is 22.1 Å². The third-order valence-corrected chi connectivity index (χ3v) is 4.11. The molecule has 1 fully saturated rings. The average molecular weight is 311 g/mol. The average Bonchev–Trinajstić information content (AvgIpc) is 2.26. The maximum Gasteiger partial charge on any atom is 0.0412 e. The molecule has 0 aliphatic carbocycles. The number of hydrogen-bond donors (Lipinski definition) is 1. The highest BCUT2D eigenvalue weighted by atomic mass is 79.9. The molecule has 1 aromatic rings. The number of aryl methyl sites for hydroxylation is 1. The minimum Gasteiger partial charge on any atom is -0.365 e. The fraction of sp³-hybridized carbons (Fsp3) is 0.600. The third-order valence-electron chi connectivity index (χ3n) is 3.65. The summed E-state index contributed by atoms with van der Waals surface area (Å²) in [5.74, 6) is 0. The second kappa shape index (κ2) is 5.22. The maximum absolute atomic E-state index is 3.63. The Morgan fingerprint density at radius 1 is 1.39 bits per heavy atom. The summed E-state index contributed by atoms with van der Waals surface area (Å²) in [6, 6.07) is 7.27. The Balaban J connectivity index is 2.32. The van der Waals surface area contributed by atoms with E-state index >= 15 is 0 Å². The van der Waals surface area contributed by atoms with Crippen LogP contribution in [0.3, 0.4) is 0 Å². The van der Waals surface area contributed by atoms with Crippen LogP contribution in [0.2, 0.25) is 0 Å². The van der Waals surface area contributed by atoms with Gasteiger partial charge in [0.15, 0.2) is 0 Å². The van der Waals surface area contributed by atoms with Gasteiger partial charge in [-0.2, -0.15) is 0 Å². The van der Waals surface area contributed by atoms with Crippen molar-refractivity contribution in [2.75, 3.05) is 18.0 Å². The number of rotatable bonds is 2. The van der Waals surface area contributed by atoms with E-state index in [1.54, 1.807) is 0 Å². The van der Waals surface area contributed by atoms with Crippen molar-refractivity contribution in [1.29, 1.82) is 0 Å². The van der Waals surface area contributed by atoms with Crippen LogP contribution in [0.1, 0.15) is 32.8 Å². The molecule has 18 heavy (non-hydrogen) atoms. The molecule has 1 aliphatic heterocycles.